The van der Waals surface area contributed by atoms with Crippen LogP contribution < -0.4 is 5.32 Å². The van der Waals surface area contributed by atoms with E-state index in [2.05, 4.69) is 19.2 Å². The van der Waals surface area contributed by atoms with Gasteiger partial charge in [0.25, 0.3) is 0 Å². The van der Waals surface area contributed by atoms with Crippen LogP contribution >= 0.6 is 0 Å². The van der Waals surface area contributed by atoms with Crippen LogP contribution in [0.1, 0.15) is 39.5 Å². The second-order valence-electron chi connectivity index (χ2n) is 5.29. The van der Waals surface area contributed by atoms with E-state index >= 15 is 0 Å². The van der Waals surface area contributed by atoms with Crippen molar-refractivity contribution in [2.24, 2.45) is 11.8 Å². The average Bonchev–Trinajstić information content (AvgIpc) is 2.54. The van der Waals surface area contributed by atoms with Gasteiger partial charge in [-0.2, -0.15) is 0 Å². The smallest absolute Gasteiger partial charge is 0.0715 e. The Labute approximate surface area is 87.4 Å². The zero-order valence-corrected chi connectivity index (χ0v) is 9.46. The molecule has 0 aromatic heterocycles. The third kappa shape index (κ3) is 2.71. The van der Waals surface area contributed by atoms with Gasteiger partial charge in [0, 0.05) is 6.54 Å². The molecule has 1 heterocycles. The summed E-state index contributed by atoms with van der Waals surface area (Å²) < 4.78 is 6.13. The molecule has 1 saturated carbocycles. The first-order valence-corrected chi connectivity index (χ1v) is 6.10. The zero-order valence-electron chi connectivity index (χ0n) is 9.46. The number of rotatable bonds is 2. The Morgan fingerprint density at radius 3 is 2.29 bits per heavy atom. The molecule has 0 bridgehead atoms. The van der Waals surface area contributed by atoms with E-state index in [4.69, 9.17) is 4.74 Å². The highest BCUT2D eigenvalue weighted by atomic mass is 16.5. The predicted octanol–water partition coefficient (Wildman–Crippen LogP) is 2.19. The summed E-state index contributed by atoms with van der Waals surface area (Å²) in [5.74, 6) is 1.72. The molecule has 1 saturated heterocycles. The molecule has 0 spiro atoms. The molecule has 2 rings (SSSR count). The molecule has 82 valence electrons. The van der Waals surface area contributed by atoms with Gasteiger partial charge in [0.05, 0.1) is 12.2 Å². The topological polar surface area (TPSA) is 21.3 Å². The normalized spacial score (nSPS) is 44.1. The molecule has 0 aromatic rings. The van der Waals surface area contributed by atoms with Crippen LogP contribution in [-0.4, -0.2) is 25.3 Å². The molecule has 2 aliphatic rings. The maximum absolute atomic E-state index is 6.13. The monoisotopic (exact) mass is 197 g/mol. The van der Waals surface area contributed by atoms with Gasteiger partial charge in [0.15, 0.2) is 0 Å². The van der Waals surface area contributed by atoms with E-state index < -0.39 is 0 Å². The first kappa shape index (κ1) is 10.4. The van der Waals surface area contributed by atoms with Gasteiger partial charge in [-0.3, -0.25) is 0 Å². The van der Waals surface area contributed by atoms with Gasteiger partial charge in [-0.15, -0.1) is 0 Å². The van der Waals surface area contributed by atoms with Crippen molar-refractivity contribution in [3.63, 3.8) is 0 Å². The van der Waals surface area contributed by atoms with Crippen molar-refractivity contribution < 1.29 is 4.74 Å². The number of nitrogens with one attached hydrogen (secondary N) is 1. The number of hydrogen-bond acceptors (Lipinski definition) is 2. The number of hydrogen-bond donors (Lipinski definition) is 1. The Hall–Kier alpha value is -0.0800. The van der Waals surface area contributed by atoms with Crippen molar-refractivity contribution in [2.75, 3.05) is 13.1 Å². The number of ether oxygens (including phenoxy) is 1. The van der Waals surface area contributed by atoms with Crippen LogP contribution in [-0.2, 0) is 4.74 Å². The molecule has 3 atom stereocenters. The van der Waals surface area contributed by atoms with Gasteiger partial charge in [-0.1, -0.05) is 13.8 Å². The Kier molecular flexibility index (Phi) is 3.45. The van der Waals surface area contributed by atoms with Crippen LogP contribution in [0.25, 0.3) is 0 Å². The molecule has 2 nitrogen and oxygen atoms in total. The highest BCUT2D eigenvalue weighted by molar-refractivity contribution is 4.79. The SMILES string of the molecule is CC1CC(C)CC(O[C@@H]2CCNC2)C1. The minimum atomic E-state index is 0.498. The molecule has 0 radical (unpaired) electrons. The maximum Gasteiger partial charge on any atom is 0.0715 e. The Morgan fingerprint density at radius 1 is 1.00 bits per heavy atom. The van der Waals surface area contributed by atoms with Crippen molar-refractivity contribution in [1.82, 2.24) is 5.32 Å². The molecule has 1 aliphatic carbocycles. The highest BCUT2D eigenvalue weighted by Gasteiger charge is 2.27. The third-order valence-corrected chi connectivity index (χ3v) is 3.54. The van der Waals surface area contributed by atoms with Crippen LogP contribution in [0.2, 0.25) is 0 Å². The highest BCUT2D eigenvalue weighted by Crippen LogP contribution is 2.31. The largest absolute Gasteiger partial charge is 0.374 e. The second kappa shape index (κ2) is 4.63. The van der Waals surface area contributed by atoms with Crippen molar-refractivity contribution in [3.8, 4) is 0 Å². The van der Waals surface area contributed by atoms with E-state index in [0.717, 1.165) is 24.9 Å². The first-order chi connectivity index (χ1) is 6.74. The van der Waals surface area contributed by atoms with Gasteiger partial charge in [-0.25, -0.2) is 0 Å². The van der Waals surface area contributed by atoms with Gasteiger partial charge in [0.1, 0.15) is 0 Å². The maximum atomic E-state index is 6.13. The third-order valence-electron chi connectivity index (χ3n) is 3.54. The molecule has 1 aliphatic heterocycles. The van der Waals surface area contributed by atoms with Crippen LogP contribution in [0, 0.1) is 11.8 Å². The summed E-state index contributed by atoms with van der Waals surface area (Å²) in [5.41, 5.74) is 0. The zero-order chi connectivity index (χ0) is 9.97. The Balaban J connectivity index is 1.78. The van der Waals surface area contributed by atoms with Crippen molar-refractivity contribution >= 4 is 0 Å². The summed E-state index contributed by atoms with van der Waals surface area (Å²) in [5, 5.41) is 3.36. The predicted molar refractivity (Wildman–Crippen MR) is 58.3 cm³/mol. The summed E-state index contributed by atoms with van der Waals surface area (Å²) in [6.07, 6.45) is 6.19. The summed E-state index contributed by atoms with van der Waals surface area (Å²) in [4.78, 5) is 0. The fourth-order valence-electron chi connectivity index (χ4n) is 3.00. The summed E-state index contributed by atoms with van der Waals surface area (Å²) in [6.45, 7) is 6.93. The van der Waals surface area contributed by atoms with E-state index in [0.29, 0.717) is 12.2 Å². The van der Waals surface area contributed by atoms with E-state index in [1.165, 1.54) is 25.7 Å². The molecule has 2 unspecified atom stereocenters. The van der Waals surface area contributed by atoms with E-state index in [1.807, 2.05) is 0 Å². The second-order valence-corrected chi connectivity index (χ2v) is 5.29. The molecular weight excluding hydrogens is 174 g/mol. The first-order valence-electron chi connectivity index (χ1n) is 6.10. The minimum absolute atomic E-state index is 0.498. The quantitative estimate of drug-likeness (QED) is 0.732. The molecule has 0 aromatic carbocycles. The van der Waals surface area contributed by atoms with Gasteiger partial charge in [-0.05, 0) is 44.1 Å². The van der Waals surface area contributed by atoms with Gasteiger partial charge in [0.2, 0.25) is 0 Å². The molecule has 2 fully saturated rings. The standard InChI is InChI=1S/C12H23NO/c1-9-5-10(2)7-12(6-9)14-11-3-4-13-8-11/h9-13H,3-8H2,1-2H3/t9?,10?,11-,12?/m1/s1. The van der Waals surface area contributed by atoms with Crippen LogP contribution in [0.5, 0.6) is 0 Å². The van der Waals surface area contributed by atoms with Crippen LogP contribution in [0.4, 0.5) is 0 Å². The van der Waals surface area contributed by atoms with Crippen molar-refractivity contribution in [3.05, 3.63) is 0 Å². The average molecular weight is 197 g/mol. The minimum Gasteiger partial charge on any atom is -0.374 e. The summed E-state index contributed by atoms with van der Waals surface area (Å²) >= 11 is 0. The van der Waals surface area contributed by atoms with Crippen LogP contribution in [0.3, 0.4) is 0 Å². The van der Waals surface area contributed by atoms with E-state index in [-0.39, 0.29) is 0 Å². The lowest BCUT2D eigenvalue weighted by atomic mass is 9.82. The fraction of sp³-hybridized carbons (Fsp3) is 1.00. The van der Waals surface area contributed by atoms with Crippen molar-refractivity contribution in [2.45, 2.75) is 51.7 Å². The molecule has 1 N–H and O–H groups in total. The molecular formula is C12H23NO. The summed E-state index contributed by atoms with van der Waals surface area (Å²) in [6, 6.07) is 0. The van der Waals surface area contributed by atoms with E-state index in [1.54, 1.807) is 0 Å². The van der Waals surface area contributed by atoms with Gasteiger partial charge < -0.3 is 10.1 Å². The lowest BCUT2D eigenvalue weighted by Gasteiger charge is -2.33. The lowest BCUT2D eigenvalue weighted by Crippen LogP contribution is -2.31. The molecule has 2 heteroatoms. The fourth-order valence-corrected chi connectivity index (χ4v) is 3.00. The molecule has 0 amide bonds. The van der Waals surface area contributed by atoms with Crippen LogP contribution in [0.15, 0.2) is 0 Å². The van der Waals surface area contributed by atoms with Crippen molar-refractivity contribution in [1.29, 1.82) is 0 Å². The Morgan fingerprint density at radius 2 is 1.71 bits per heavy atom. The van der Waals surface area contributed by atoms with E-state index in [9.17, 15) is 0 Å². The van der Waals surface area contributed by atoms with Gasteiger partial charge >= 0.3 is 0 Å². The summed E-state index contributed by atoms with van der Waals surface area (Å²) in [7, 11) is 0. The molecule has 14 heavy (non-hydrogen) atoms. The Bertz CT molecular complexity index is 167. The lowest BCUT2D eigenvalue weighted by molar-refractivity contribution is -0.0401.